The van der Waals surface area contributed by atoms with Crippen molar-refractivity contribution in [3.05, 3.63) is 0 Å². The Morgan fingerprint density at radius 3 is 1.65 bits per heavy atom. The van der Waals surface area contributed by atoms with E-state index in [9.17, 15) is 0 Å². The zero-order valence-corrected chi connectivity index (χ0v) is 14.2. The van der Waals surface area contributed by atoms with Gasteiger partial charge in [-0.2, -0.15) is 0 Å². The SMILES string of the molecule is COC1CN(C(CN)(CC(C)C)CC(C)C)CC1OC. The molecule has 0 aliphatic carbocycles. The summed E-state index contributed by atoms with van der Waals surface area (Å²) in [6.45, 7) is 11.7. The Morgan fingerprint density at radius 1 is 1.00 bits per heavy atom. The smallest absolute Gasteiger partial charge is 0.0972 e. The molecule has 2 N–H and O–H groups in total. The van der Waals surface area contributed by atoms with Crippen LogP contribution in [0.3, 0.4) is 0 Å². The van der Waals surface area contributed by atoms with E-state index in [0.717, 1.165) is 25.9 Å². The largest absolute Gasteiger partial charge is 0.377 e. The van der Waals surface area contributed by atoms with Crippen molar-refractivity contribution in [3.63, 3.8) is 0 Å². The third-order valence-corrected chi connectivity index (χ3v) is 4.45. The van der Waals surface area contributed by atoms with Crippen molar-refractivity contribution in [2.75, 3.05) is 33.9 Å². The van der Waals surface area contributed by atoms with E-state index < -0.39 is 0 Å². The Kier molecular flexibility index (Phi) is 6.92. The minimum absolute atomic E-state index is 0.0758. The Balaban J connectivity index is 2.92. The van der Waals surface area contributed by atoms with E-state index in [1.807, 2.05) is 0 Å². The monoisotopic (exact) mass is 286 g/mol. The number of hydrogen-bond donors (Lipinski definition) is 1. The molecule has 2 unspecified atom stereocenters. The summed E-state index contributed by atoms with van der Waals surface area (Å²) >= 11 is 0. The van der Waals surface area contributed by atoms with Crippen molar-refractivity contribution in [2.45, 2.75) is 58.3 Å². The van der Waals surface area contributed by atoms with E-state index in [2.05, 4.69) is 32.6 Å². The molecule has 0 amide bonds. The lowest BCUT2D eigenvalue weighted by Gasteiger charge is -2.44. The van der Waals surface area contributed by atoms with Gasteiger partial charge >= 0.3 is 0 Å². The first-order valence-corrected chi connectivity index (χ1v) is 7.89. The lowest BCUT2D eigenvalue weighted by molar-refractivity contribution is -0.00461. The third kappa shape index (κ3) is 4.17. The molecule has 0 spiro atoms. The fourth-order valence-corrected chi connectivity index (χ4v) is 3.74. The van der Waals surface area contributed by atoms with E-state index in [0.29, 0.717) is 18.4 Å². The first kappa shape index (κ1) is 17.9. The normalized spacial score (nSPS) is 25.1. The van der Waals surface area contributed by atoms with Crippen LogP contribution in [-0.4, -0.2) is 56.5 Å². The zero-order chi connectivity index (χ0) is 15.3. The van der Waals surface area contributed by atoms with Gasteiger partial charge in [0.2, 0.25) is 0 Å². The Hall–Kier alpha value is -0.160. The van der Waals surface area contributed by atoms with Crippen molar-refractivity contribution >= 4 is 0 Å². The van der Waals surface area contributed by atoms with Crippen LogP contribution >= 0.6 is 0 Å². The van der Waals surface area contributed by atoms with Gasteiger partial charge in [0.25, 0.3) is 0 Å². The number of methoxy groups -OCH3 is 2. The van der Waals surface area contributed by atoms with Crippen LogP contribution in [0.1, 0.15) is 40.5 Å². The number of rotatable bonds is 8. The summed E-state index contributed by atoms with van der Waals surface area (Å²) in [4.78, 5) is 2.52. The standard InChI is InChI=1S/C16H34N2O2/c1-12(2)7-16(11-17,8-13(3)4)18-9-14(19-5)15(10-18)20-6/h12-15H,7-11,17H2,1-6H3. The molecule has 1 aliphatic heterocycles. The molecule has 0 aromatic carbocycles. The molecule has 1 saturated heterocycles. The zero-order valence-electron chi connectivity index (χ0n) is 14.2. The van der Waals surface area contributed by atoms with Crippen LogP contribution < -0.4 is 5.73 Å². The van der Waals surface area contributed by atoms with Crippen molar-refractivity contribution in [1.82, 2.24) is 4.90 Å². The molecular weight excluding hydrogens is 252 g/mol. The number of ether oxygens (including phenoxy) is 2. The average molecular weight is 286 g/mol. The first-order valence-electron chi connectivity index (χ1n) is 7.89. The average Bonchev–Trinajstić information content (AvgIpc) is 2.80. The van der Waals surface area contributed by atoms with Crippen LogP contribution in [0.4, 0.5) is 0 Å². The van der Waals surface area contributed by atoms with Crippen molar-refractivity contribution < 1.29 is 9.47 Å². The topological polar surface area (TPSA) is 47.7 Å². The van der Waals surface area contributed by atoms with E-state index >= 15 is 0 Å². The highest BCUT2D eigenvalue weighted by molar-refractivity contribution is 5.00. The Labute approximate surface area is 125 Å². The molecule has 1 rings (SSSR count). The molecule has 0 saturated carbocycles. The molecule has 1 aliphatic rings. The maximum Gasteiger partial charge on any atom is 0.0972 e. The lowest BCUT2D eigenvalue weighted by Crippen LogP contribution is -2.55. The number of hydrogen-bond acceptors (Lipinski definition) is 4. The number of nitrogens with zero attached hydrogens (tertiary/aromatic N) is 1. The molecular formula is C16H34N2O2. The molecule has 1 fully saturated rings. The van der Waals surface area contributed by atoms with Gasteiger partial charge in [0, 0.05) is 39.4 Å². The minimum atomic E-state index is 0.0758. The van der Waals surface area contributed by atoms with Gasteiger partial charge in [-0.25, -0.2) is 0 Å². The molecule has 0 bridgehead atoms. The van der Waals surface area contributed by atoms with Crippen molar-refractivity contribution in [1.29, 1.82) is 0 Å². The molecule has 4 nitrogen and oxygen atoms in total. The quantitative estimate of drug-likeness (QED) is 0.742. The summed E-state index contributed by atoms with van der Waals surface area (Å²) in [5.74, 6) is 1.28. The van der Waals surface area contributed by atoms with E-state index in [4.69, 9.17) is 15.2 Å². The second-order valence-corrected chi connectivity index (χ2v) is 7.08. The number of likely N-dealkylation sites (tertiary alicyclic amines) is 1. The molecule has 1 heterocycles. The third-order valence-electron chi connectivity index (χ3n) is 4.45. The Morgan fingerprint density at radius 2 is 1.40 bits per heavy atom. The maximum absolute atomic E-state index is 6.23. The predicted octanol–water partition coefficient (Wildman–Crippen LogP) is 2.12. The van der Waals surface area contributed by atoms with E-state index in [-0.39, 0.29) is 17.7 Å². The fourth-order valence-electron chi connectivity index (χ4n) is 3.74. The summed E-state index contributed by atoms with van der Waals surface area (Å²) in [5, 5.41) is 0. The van der Waals surface area contributed by atoms with Crippen LogP contribution in [0.15, 0.2) is 0 Å². The van der Waals surface area contributed by atoms with Gasteiger partial charge in [0.05, 0.1) is 12.2 Å². The minimum Gasteiger partial charge on any atom is -0.377 e. The van der Waals surface area contributed by atoms with Gasteiger partial charge in [-0.15, -0.1) is 0 Å². The summed E-state index contributed by atoms with van der Waals surface area (Å²) in [5.41, 5.74) is 6.31. The maximum atomic E-state index is 6.23. The summed E-state index contributed by atoms with van der Waals surface area (Å²) in [6, 6.07) is 0. The van der Waals surface area contributed by atoms with E-state index in [1.54, 1.807) is 14.2 Å². The molecule has 20 heavy (non-hydrogen) atoms. The van der Waals surface area contributed by atoms with Crippen LogP contribution in [0, 0.1) is 11.8 Å². The van der Waals surface area contributed by atoms with Crippen molar-refractivity contribution in [3.8, 4) is 0 Å². The van der Waals surface area contributed by atoms with Gasteiger partial charge in [-0.3, -0.25) is 4.90 Å². The fraction of sp³-hybridized carbons (Fsp3) is 1.00. The second kappa shape index (κ2) is 7.74. The highest BCUT2D eigenvalue weighted by Crippen LogP contribution is 2.34. The first-order chi connectivity index (χ1) is 9.38. The molecule has 0 aromatic rings. The lowest BCUT2D eigenvalue weighted by atomic mass is 9.80. The van der Waals surface area contributed by atoms with Crippen LogP contribution in [0.25, 0.3) is 0 Å². The van der Waals surface area contributed by atoms with Gasteiger partial charge in [0.1, 0.15) is 0 Å². The summed E-state index contributed by atoms with van der Waals surface area (Å²) in [6.07, 6.45) is 2.58. The van der Waals surface area contributed by atoms with Gasteiger partial charge in [-0.05, 0) is 24.7 Å². The van der Waals surface area contributed by atoms with Gasteiger partial charge in [-0.1, -0.05) is 27.7 Å². The number of nitrogens with two attached hydrogens (primary N) is 1. The van der Waals surface area contributed by atoms with Crippen LogP contribution in [-0.2, 0) is 9.47 Å². The molecule has 0 aromatic heterocycles. The molecule has 0 radical (unpaired) electrons. The molecule has 120 valence electrons. The van der Waals surface area contributed by atoms with Crippen LogP contribution in [0.5, 0.6) is 0 Å². The van der Waals surface area contributed by atoms with Gasteiger partial charge < -0.3 is 15.2 Å². The molecule has 2 atom stereocenters. The highest BCUT2D eigenvalue weighted by Gasteiger charge is 2.44. The van der Waals surface area contributed by atoms with E-state index in [1.165, 1.54) is 0 Å². The summed E-state index contributed by atoms with van der Waals surface area (Å²) in [7, 11) is 3.55. The summed E-state index contributed by atoms with van der Waals surface area (Å²) < 4.78 is 11.2. The predicted molar refractivity (Wildman–Crippen MR) is 83.9 cm³/mol. The Bertz CT molecular complexity index is 260. The molecule has 4 heteroatoms. The van der Waals surface area contributed by atoms with Crippen LogP contribution in [0.2, 0.25) is 0 Å². The highest BCUT2D eigenvalue weighted by atomic mass is 16.5. The second-order valence-electron chi connectivity index (χ2n) is 7.08. The van der Waals surface area contributed by atoms with Gasteiger partial charge in [0.15, 0.2) is 0 Å². The van der Waals surface area contributed by atoms with Crippen molar-refractivity contribution in [2.24, 2.45) is 17.6 Å².